The van der Waals surface area contributed by atoms with Crippen molar-refractivity contribution in [3.63, 3.8) is 0 Å². The van der Waals surface area contributed by atoms with Crippen LogP contribution in [0.2, 0.25) is 0 Å². The van der Waals surface area contributed by atoms with Gasteiger partial charge in [0.15, 0.2) is 11.4 Å². The first kappa shape index (κ1) is 14.4. The van der Waals surface area contributed by atoms with E-state index in [9.17, 15) is 9.59 Å². The highest BCUT2D eigenvalue weighted by Crippen LogP contribution is 2.61. The van der Waals surface area contributed by atoms with Crippen molar-refractivity contribution in [3.05, 3.63) is 0 Å². The quantitative estimate of drug-likeness (QED) is 0.772. The van der Waals surface area contributed by atoms with Crippen molar-refractivity contribution in [2.75, 3.05) is 14.1 Å². The largest absolute Gasteiger partial charge is 0.434 e. The molecule has 0 aliphatic heterocycles. The highest BCUT2D eigenvalue weighted by Gasteiger charge is 2.66. The molecule has 0 aromatic heterocycles. The lowest BCUT2D eigenvalue weighted by atomic mass is 9.63. The molecular weight excluding hydrogens is 242 g/mol. The molecule has 0 aromatic carbocycles. The molecule has 4 heteroatoms. The van der Waals surface area contributed by atoms with Gasteiger partial charge in [0.1, 0.15) is 0 Å². The fourth-order valence-electron chi connectivity index (χ4n) is 3.18. The van der Waals surface area contributed by atoms with E-state index in [4.69, 9.17) is 4.74 Å². The van der Waals surface area contributed by atoms with E-state index < -0.39 is 17.1 Å². The fourth-order valence-corrected chi connectivity index (χ4v) is 3.18. The zero-order chi connectivity index (χ0) is 14.5. The first-order valence-corrected chi connectivity index (χ1v) is 7.10. The number of rotatable bonds is 2. The highest BCUT2D eigenvalue weighted by atomic mass is 16.6. The van der Waals surface area contributed by atoms with E-state index in [1.54, 1.807) is 14.1 Å². The molecule has 0 N–H and O–H groups in total. The summed E-state index contributed by atoms with van der Waals surface area (Å²) in [5.74, 6) is 0.112. The van der Waals surface area contributed by atoms with Gasteiger partial charge in [0.25, 0.3) is 0 Å². The molecule has 2 aliphatic carbocycles. The third kappa shape index (κ3) is 2.15. The number of nitrogens with zero attached hydrogens (tertiary/aromatic N) is 1. The first-order valence-electron chi connectivity index (χ1n) is 7.10. The molecule has 0 spiro atoms. The van der Waals surface area contributed by atoms with E-state index in [1.807, 2.05) is 13.8 Å². The number of hydrogen-bond acceptors (Lipinski definition) is 3. The molecular formula is C15H25NO3. The molecule has 108 valence electrons. The topological polar surface area (TPSA) is 46.6 Å². The molecule has 0 aromatic rings. The van der Waals surface area contributed by atoms with Gasteiger partial charge in [0.05, 0.1) is 0 Å². The maximum atomic E-state index is 12.9. The zero-order valence-electron chi connectivity index (χ0n) is 12.7. The predicted molar refractivity (Wildman–Crippen MR) is 72.9 cm³/mol. The fraction of sp³-hybridized carbons (Fsp3) is 0.867. The Morgan fingerprint density at radius 1 is 1.11 bits per heavy atom. The molecule has 0 saturated heterocycles. The van der Waals surface area contributed by atoms with Crippen LogP contribution in [0.25, 0.3) is 0 Å². The minimum Gasteiger partial charge on any atom is -0.434 e. The maximum Gasteiger partial charge on any atom is 0.410 e. The standard InChI is InChI=1S/C15H25NO3/c1-13(2)7-6-8-15(11(13)17,14(3)9-10-14)19-12(18)16(4)5/h6-10H2,1-5H3/t15-/m0/s1. The van der Waals surface area contributed by atoms with Gasteiger partial charge in [-0.15, -0.1) is 0 Å². The van der Waals surface area contributed by atoms with Crippen molar-refractivity contribution in [1.29, 1.82) is 0 Å². The van der Waals surface area contributed by atoms with Gasteiger partial charge in [-0.3, -0.25) is 4.79 Å². The average Bonchev–Trinajstić information content (AvgIpc) is 3.04. The molecule has 4 nitrogen and oxygen atoms in total. The Morgan fingerprint density at radius 3 is 2.16 bits per heavy atom. The summed E-state index contributed by atoms with van der Waals surface area (Å²) in [4.78, 5) is 26.3. The van der Waals surface area contributed by atoms with Crippen LogP contribution in [0, 0.1) is 10.8 Å². The van der Waals surface area contributed by atoms with Gasteiger partial charge >= 0.3 is 6.09 Å². The van der Waals surface area contributed by atoms with Crippen LogP contribution in [0.4, 0.5) is 4.79 Å². The second-order valence-corrected chi connectivity index (χ2v) is 7.22. The Kier molecular flexibility index (Phi) is 3.19. The van der Waals surface area contributed by atoms with E-state index in [0.29, 0.717) is 6.42 Å². The second kappa shape index (κ2) is 4.22. The number of Topliss-reactive ketones (excluding diaryl/α,β-unsaturated/α-hetero) is 1. The predicted octanol–water partition coefficient (Wildman–Crippen LogP) is 3.00. The van der Waals surface area contributed by atoms with Crippen molar-refractivity contribution in [2.45, 2.75) is 58.5 Å². The minimum absolute atomic E-state index is 0.112. The van der Waals surface area contributed by atoms with Crippen LogP contribution >= 0.6 is 0 Å². The minimum atomic E-state index is -0.907. The Balaban J connectivity index is 2.36. The van der Waals surface area contributed by atoms with Crippen LogP contribution in [-0.2, 0) is 9.53 Å². The molecule has 2 fully saturated rings. The normalized spacial score (nSPS) is 31.7. The Hall–Kier alpha value is -1.06. The molecule has 0 bridgehead atoms. The summed E-state index contributed by atoms with van der Waals surface area (Å²) >= 11 is 0. The molecule has 0 unspecified atom stereocenters. The summed E-state index contributed by atoms with van der Waals surface area (Å²) in [6.07, 6.45) is 4.02. The molecule has 0 heterocycles. The molecule has 1 amide bonds. The van der Waals surface area contributed by atoms with Gasteiger partial charge in [-0.1, -0.05) is 20.8 Å². The third-order valence-corrected chi connectivity index (χ3v) is 4.91. The summed E-state index contributed by atoms with van der Waals surface area (Å²) < 4.78 is 5.75. The van der Waals surface area contributed by atoms with Crippen LogP contribution in [0.15, 0.2) is 0 Å². The van der Waals surface area contributed by atoms with Gasteiger partial charge in [0, 0.05) is 24.9 Å². The molecule has 2 saturated carbocycles. The first-order chi connectivity index (χ1) is 8.65. The zero-order valence-corrected chi connectivity index (χ0v) is 12.7. The van der Waals surface area contributed by atoms with Crippen molar-refractivity contribution in [3.8, 4) is 0 Å². The SMILES string of the molecule is CN(C)C(=O)O[C@@]1(C2(C)CC2)CCCC(C)(C)C1=O. The summed E-state index contributed by atoms with van der Waals surface area (Å²) in [6, 6.07) is 0. The summed E-state index contributed by atoms with van der Waals surface area (Å²) in [6.45, 7) is 6.02. The average molecular weight is 267 g/mol. The Morgan fingerprint density at radius 2 is 1.68 bits per heavy atom. The van der Waals surface area contributed by atoms with E-state index in [-0.39, 0.29) is 11.2 Å². The monoisotopic (exact) mass is 267 g/mol. The number of carbonyl (C=O) groups is 2. The van der Waals surface area contributed by atoms with E-state index in [0.717, 1.165) is 25.7 Å². The number of ether oxygens (including phenoxy) is 1. The van der Waals surface area contributed by atoms with Crippen LogP contribution < -0.4 is 0 Å². The molecule has 2 aliphatic rings. The van der Waals surface area contributed by atoms with Crippen molar-refractivity contribution in [1.82, 2.24) is 4.90 Å². The maximum absolute atomic E-state index is 12.9. The lowest BCUT2D eigenvalue weighted by Crippen LogP contribution is -2.58. The van der Waals surface area contributed by atoms with Crippen molar-refractivity contribution in [2.24, 2.45) is 10.8 Å². The molecule has 0 radical (unpaired) electrons. The van der Waals surface area contributed by atoms with Crippen LogP contribution in [0.3, 0.4) is 0 Å². The number of amides is 1. The van der Waals surface area contributed by atoms with Gasteiger partial charge < -0.3 is 9.64 Å². The van der Waals surface area contributed by atoms with Crippen LogP contribution in [-0.4, -0.2) is 36.5 Å². The smallest absolute Gasteiger partial charge is 0.410 e. The van der Waals surface area contributed by atoms with Crippen molar-refractivity contribution < 1.29 is 14.3 Å². The number of carbonyl (C=O) groups excluding carboxylic acids is 2. The lowest BCUT2D eigenvalue weighted by molar-refractivity contribution is -0.162. The van der Waals surface area contributed by atoms with E-state index >= 15 is 0 Å². The number of hydrogen-bond donors (Lipinski definition) is 0. The Labute approximate surface area is 115 Å². The highest BCUT2D eigenvalue weighted by molar-refractivity contribution is 5.95. The van der Waals surface area contributed by atoms with Crippen LogP contribution in [0.1, 0.15) is 52.9 Å². The summed E-state index contributed by atoms with van der Waals surface area (Å²) in [5, 5.41) is 0. The molecule has 1 atom stereocenters. The van der Waals surface area contributed by atoms with E-state index in [2.05, 4.69) is 6.92 Å². The van der Waals surface area contributed by atoms with E-state index in [1.165, 1.54) is 4.90 Å². The lowest BCUT2D eigenvalue weighted by Gasteiger charge is -2.46. The van der Waals surface area contributed by atoms with Gasteiger partial charge in [0.2, 0.25) is 0 Å². The van der Waals surface area contributed by atoms with Gasteiger partial charge in [-0.05, 0) is 32.1 Å². The summed E-state index contributed by atoms with van der Waals surface area (Å²) in [5.41, 5.74) is -1.46. The third-order valence-electron chi connectivity index (χ3n) is 4.91. The second-order valence-electron chi connectivity index (χ2n) is 7.22. The van der Waals surface area contributed by atoms with Gasteiger partial charge in [-0.2, -0.15) is 0 Å². The van der Waals surface area contributed by atoms with Gasteiger partial charge in [-0.25, -0.2) is 4.79 Å². The van der Waals surface area contributed by atoms with Crippen molar-refractivity contribution >= 4 is 11.9 Å². The molecule has 19 heavy (non-hydrogen) atoms. The van der Waals surface area contributed by atoms with Crippen LogP contribution in [0.5, 0.6) is 0 Å². The number of ketones is 1. The Bertz CT molecular complexity index is 410. The molecule has 2 rings (SSSR count). The summed E-state index contributed by atoms with van der Waals surface area (Å²) in [7, 11) is 3.31.